The van der Waals surface area contributed by atoms with Crippen LogP contribution < -0.4 is 0 Å². The Kier molecular flexibility index (Phi) is 42.4. The molecule has 36 valence electrons. The van der Waals surface area contributed by atoms with Crippen LogP contribution in [-0.2, 0) is 0 Å². The van der Waals surface area contributed by atoms with Gasteiger partial charge in [-0.15, -0.1) is 0 Å². The summed E-state index contributed by atoms with van der Waals surface area (Å²) in [6.45, 7) is 4.36. The fourth-order valence-electron chi connectivity index (χ4n) is 0. The predicted molar refractivity (Wildman–Crippen MR) is 38.5 cm³/mol. The van der Waals surface area contributed by atoms with E-state index in [-0.39, 0.29) is 43.3 Å². The summed E-state index contributed by atoms with van der Waals surface area (Å²) in [5.74, 6) is 0. The van der Waals surface area contributed by atoms with Crippen molar-refractivity contribution in [3.8, 4) is 0 Å². The second-order valence-corrected chi connectivity index (χ2v) is 1.000. The molecule has 0 unspecified atom stereocenters. The van der Waals surface area contributed by atoms with E-state index < -0.39 is 0 Å². The molecule has 0 fully saturated rings. The van der Waals surface area contributed by atoms with E-state index in [1.165, 1.54) is 12.8 Å². The van der Waals surface area contributed by atoms with Crippen molar-refractivity contribution in [2.75, 3.05) is 0 Å². The van der Waals surface area contributed by atoms with Gasteiger partial charge in [-0.3, -0.25) is 0 Å². The fraction of sp³-hybridized carbons (Fsp3) is 1.00. The third kappa shape index (κ3) is 18.5. The molecule has 0 amide bonds. The molecule has 0 aromatic rings. The van der Waals surface area contributed by atoms with Crippen molar-refractivity contribution in [2.24, 2.45) is 0 Å². The summed E-state index contributed by atoms with van der Waals surface area (Å²) in [5.41, 5.74) is 0. The SMILES string of the molecule is CCCC.[AlH3].[H-].[H-].[Mg+2]. The Balaban J connectivity index is -0.00000000750. The number of hydrogen-bond donors (Lipinski definition) is 0. The average molecular weight is 114 g/mol. The van der Waals surface area contributed by atoms with Crippen LogP contribution in [-0.4, -0.2) is 40.4 Å². The normalized spacial score (nSPS) is 5.00. The maximum Gasteiger partial charge on any atom is 2.00 e. The third-order valence-corrected chi connectivity index (χ3v) is 0.500. The molecule has 2 heteroatoms. The summed E-state index contributed by atoms with van der Waals surface area (Å²) in [4.78, 5) is 0. The van der Waals surface area contributed by atoms with Crippen LogP contribution in [0.2, 0.25) is 0 Å². The van der Waals surface area contributed by atoms with Crippen LogP contribution in [0.15, 0.2) is 0 Å². The van der Waals surface area contributed by atoms with E-state index in [0.29, 0.717) is 0 Å². The van der Waals surface area contributed by atoms with E-state index in [1.54, 1.807) is 0 Å². The molecule has 0 aromatic carbocycles. The molecule has 0 saturated carbocycles. The van der Waals surface area contributed by atoms with Gasteiger partial charge in [-0.1, -0.05) is 26.7 Å². The van der Waals surface area contributed by atoms with Crippen LogP contribution >= 0.6 is 0 Å². The minimum Gasteiger partial charge on any atom is -1.00 e. The van der Waals surface area contributed by atoms with Crippen LogP contribution in [0.5, 0.6) is 0 Å². The molecule has 0 rings (SSSR count). The molecule has 0 aliphatic heterocycles. The Morgan fingerprint density at radius 1 is 1.17 bits per heavy atom. The minimum atomic E-state index is 0. The maximum atomic E-state index is 2.18. The maximum absolute atomic E-state index is 2.18. The molecule has 0 nitrogen and oxygen atoms in total. The Morgan fingerprint density at radius 3 is 1.33 bits per heavy atom. The average Bonchev–Trinajstić information content (AvgIpc) is 1.37. The Labute approximate surface area is 69.9 Å². The summed E-state index contributed by atoms with van der Waals surface area (Å²) in [6, 6.07) is 0. The van der Waals surface area contributed by atoms with Crippen LogP contribution in [0.25, 0.3) is 0 Å². The zero-order chi connectivity index (χ0) is 3.41. The van der Waals surface area contributed by atoms with Crippen molar-refractivity contribution in [2.45, 2.75) is 26.7 Å². The second-order valence-electron chi connectivity index (χ2n) is 1.000. The van der Waals surface area contributed by atoms with Crippen molar-refractivity contribution < 1.29 is 2.85 Å². The topological polar surface area (TPSA) is 0 Å². The minimum absolute atomic E-state index is 0. The summed E-state index contributed by atoms with van der Waals surface area (Å²) < 4.78 is 0. The molecule has 0 aromatic heterocycles. The molecule has 0 aliphatic carbocycles. The number of hydrogen-bond acceptors (Lipinski definition) is 0. The van der Waals surface area contributed by atoms with E-state index in [9.17, 15) is 0 Å². The molecule has 0 spiro atoms. The largest absolute Gasteiger partial charge is 2.00 e. The van der Waals surface area contributed by atoms with E-state index >= 15 is 0 Å². The first kappa shape index (κ1) is 15.7. The van der Waals surface area contributed by atoms with Gasteiger partial charge in [0.05, 0.1) is 0 Å². The first-order chi connectivity index (χ1) is 1.91. The summed E-state index contributed by atoms with van der Waals surface area (Å²) in [5, 5.41) is 0. The molecule has 0 radical (unpaired) electrons. The van der Waals surface area contributed by atoms with Gasteiger partial charge in [0, 0.05) is 0 Å². The zero-order valence-electron chi connectivity index (χ0n) is 6.12. The molecule has 0 aliphatic rings. The predicted octanol–water partition coefficient (Wildman–Crippen LogP) is 0.467. The molecule has 0 N–H and O–H groups in total. The van der Waals surface area contributed by atoms with Gasteiger partial charge in [0.15, 0.2) is 17.4 Å². The van der Waals surface area contributed by atoms with Crippen LogP contribution in [0.1, 0.15) is 29.5 Å². The van der Waals surface area contributed by atoms with Crippen molar-refractivity contribution in [1.82, 2.24) is 0 Å². The summed E-state index contributed by atoms with van der Waals surface area (Å²) >= 11 is 0. The molecule has 0 heterocycles. The van der Waals surface area contributed by atoms with Crippen molar-refractivity contribution in [3.05, 3.63) is 0 Å². The Morgan fingerprint density at radius 2 is 1.33 bits per heavy atom. The monoisotopic (exact) mass is 114 g/mol. The van der Waals surface area contributed by atoms with Crippen LogP contribution in [0.4, 0.5) is 0 Å². The van der Waals surface area contributed by atoms with Crippen molar-refractivity contribution in [3.63, 3.8) is 0 Å². The Hall–Kier alpha value is 1.30. The fourth-order valence-corrected chi connectivity index (χ4v) is 0. The van der Waals surface area contributed by atoms with Gasteiger partial charge >= 0.3 is 23.1 Å². The molecular weight excluding hydrogens is 99.3 g/mol. The molecular formula is C4H15AlMg. The van der Waals surface area contributed by atoms with E-state index in [0.717, 1.165) is 0 Å². The van der Waals surface area contributed by atoms with Gasteiger partial charge in [-0.2, -0.15) is 0 Å². The van der Waals surface area contributed by atoms with Crippen molar-refractivity contribution in [1.29, 1.82) is 0 Å². The number of unbranched alkanes of at least 4 members (excludes halogenated alkanes) is 1. The van der Waals surface area contributed by atoms with Gasteiger partial charge in [-0.05, 0) is 0 Å². The van der Waals surface area contributed by atoms with Crippen LogP contribution in [0.3, 0.4) is 0 Å². The van der Waals surface area contributed by atoms with Gasteiger partial charge in [-0.25, -0.2) is 0 Å². The van der Waals surface area contributed by atoms with E-state index in [2.05, 4.69) is 13.8 Å². The smallest absolute Gasteiger partial charge is 1.00 e. The Bertz CT molecular complexity index is 16.0. The third-order valence-electron chi connectivity index (χ3n) is 0.500. The second kappa shape index (κ2) is 16.3. The van der Waals surface area contributed by atoms with E-state index in [4.69, 9.17) is 0 Å². The summed E-state index contributed by atoms with van der Waals surface area (Å²) in [7, 11) is 0. The quantitative estimate of drug-likeness (QED) is 0.435. The van der Waals surface area contributed by atoms with Gasteiger partial charge in [0.1, 0.15) is 0 Å². The van der Waals surface area contributed by atoms with Gasteiger partial charge in [0.25, 0.3) is 0 Å². The van der Waals surface area contributed by atoms with Gasteiger partial charge in [0.2, 0.25) is 0 Å². The van der Waals surface area contributed by atoms with Crippen molar-refractivity contribution >= 4 is 40.4 Å². The molecule has 0 bridgehead atoms. The molecule has 0 atom stereocenters. The molecule has 0 saturated heterocycles. The van der Waals surface area contributed by atoms with E-state index in [1.807, 2.05) is 0 Å². The standard InChI is InChI=1S/C4H10.Al.Mg.5H/c1-3-4-2;;;;;;;/h3-4H2,1-2H3;;;;;;;/q;;+2;;;;2*-1. The van der Waals surface area contributed by atoms with Gasteiger partial charge < -0.3 is 2.85 Å². The van der Waals surface area contributed by atoms with Crippen LogP contribution in [0, 0.1) is 0 Å². The molecule has 6 heavy (non-hydrogen) atoms. The first-order valence-electron chi connectivity index (χ1n) is 1.91. The zero-order valence-corrected chi connectivity index (χ0v) is 5.54. The summed E-state index contributed by atoms with van der Waals surface area (Å²) in [6.07, 6.45) is 2.64. The first-order valence-corrected chi connectivity index (χ1v) is 1.91. The number of rotatable bonds is 1.